The number of unbranched alkanes of at least 4 members (excludes halogenated alkanes) is 1. The van der Waals surface area contributed by atoms with E-state index in [1.807, 2.05) is 0 Å². The third kappa shape index (κ3) is 3.57. The second kappa shape index (κ2) is 5.58. The molecule has 1 heteroatoms. The van der Waals surface area contributed by atoms with Gasteiger partial charge in [0.05, 0.1) is 0 Å². The normalized spacial score (nSPS) is 30.5. The molecule has 1 saturated carbocycles. The minimum atomic E-state index is 0.877. The summed E-state index contributed by atoms with van der Waals surface area (Å²) in [6, 6.07) is 0. The molecule has 0 aromatic rings. The lowest BCUT2D eigenvalue weighted by Crippen LogP contribution is -2.13. The maximum atomic E-state index is 5.47. The number of hydrogen-bond acceptors (Lipinski definition) is 1. The molecule has 0 bridgehead atoms. The van der Waals surface area contributed by atoms with E-state index in [-0.39, 0.29) is 0 Å². The Hall–Kier alpha value is -0.0400. The lowest BCUT2D eigenvalue weighted by Gasteiger charge is -2.26. The average molecular weight is 169 g/mol. The van der Waals surface area contributed by atoms with Gasteiger partial charge in [-0.15, -0.1) is 0 Å². The van der Waals surface area contributed by atoms with Gasteiger partial charge in [-0.25, -0.2) is 0 Å². The van der Waals surface area contributed by atoms with E-state index in [0.29, 0.717) is 0 Å². The molecule has 1 aliphatic carbocycles. The fourth-order valence-corrected chi connectivity index (χ4v) is 2.40. The summed E-state index contributed by atoms with van der Waals surface area (Å²) in [4.78, 5) is 0. The van der Waals surface area contributed by atoms with Gasteiger partial charge in [0.1, 0.15) is 0 Å². The molecule has 1 rings (SSSR count). The summed E-state index contributed by atoms with van der Waals surface area (Å²) in [6.07, 6.45) is 9.90. The molecule has 72 valence electrons. The monoisotopic (exact) mass is 169 g/mol. The molecule has 1 aliphatic rings. The summed E-state index contributed by atoms with van der Waals surface area (Å²) in [5, 5.41) is 0. The van der Waals surface area contributed by atoms with Gasteiger partial charge in [0, 0.05) is 0 Å². The van der Waals surface area contributed by atoms with Crippen LogP contribution in [0.4, 0.5) is 0 Å². The topological polar surface area (TPSA) is 26.0 Å². The van der Waals surface area contributed by atoms with Crippen molar-refractivity contribution in [3.8, 4) is 0 Å². The SMILES string of the molecule is CC1CCCC(CCCCN)C1. The van der Waals surface area contributed by atoms with Crippen molar-refractivity contribution in [3.63, 3.8) is 0 Å². The minimum absolute atomic E-state index is 0.877. The van der Waals surface area contributed by atoms with Gasteiger partial charge in [0.2, 0.25) is 0 Å². The number of hydrogen-bond donors (Lipinski definition) is 1. The van der Waals surface area contributed by atoms with Crippen LogP contribution >= 0.6 is 0 Å². The van der Waals surface area contributed by atoms with E-state index in [1.165, 1.54) is 44.9 Å². The van der Waals surface area contributed by atoms with Crippen LogP contribution in [-0.4, -0.2) is 6.54 Å². The third-order valence-corrected chi connectivity index (χ3v) is 3.11. The fourth-order valence-electron chi connectivity index (χ4n) is 2.40. The van der Waals surface area contributed by atoms with E-state index in [2.05, 4.69) is 6.92 Å². The predicted octanol–water partition coefficient (Wildman–Crippen LogP) is 2.94. The zero-order valence-corrected chi connectivity index (χ0v) is 8.39. The lowest BCUT2D eigenvalue weighted by molar-refractivity contribution is 0.265. The zero-order valence-electron chi connectivity index (χ0n) is 8.39. The van der Waals surface area contributed by atoms with Crippen LogP contribution in [0.5, 0.6) is 0 Å². The molecule has 1 nitrogen and oxygen atoms in total. The third-order valence-electron chi connectivity index (χ3n) is 3.11. The Balaban J connectivity index is 2.06. The van der Waals surface area contributed by atoms with E-state index in [4.69, 9.17) is 5.73 Å². The summed E-state index contributed by atoms with van der Waals surface area (Å²) in [5.74, 6) is 2.02. The largest absolute Gasteiger partial charge is 0.330 e. The molecule has 0 aromatic carbocycles. The Labute approximate surface area is 76.7 Å². The number of nitrogens with two attached hydrogens (primary N) is 1. The van der Waals surface area contributed by atoms with Crippen molar-refractivity contribution in [2.75, 3.05) is 6.54 Å². The van der Waals surface area contributed by atoms with Gasteiger partial charge in [-0.05, 0) is 31.2 Å². The molecular weight excluding hydrogens is 146 g/mol. The highest BCUT2D eigenvalue weighted by molar-refractivity contribution is 4.70. The van der Waals surface area contributed by atoms with Crippen molar-refractivity contribution < 1.29 is 0 Å². The summed E-state index contributed by atoms with van der Waals surface area (Å²) in [6.45, 7) is 3.28. The van der Waals surface area contributed by atoms with Crippen molar-refractivity contribution in [1.82, 2.24) is 0 Å². The van der Waals surface area contributed by atoms with E-state index in [1.54, 1.807) is 0 Å². The maximum Gasteiger partial charge on any atom is -0.00773 e. The first-order chi connectivity index (χ1) is 5.83. The summed E-state index contributed by atoms with van der Waals surface area (Å²) >= 11 is 0. The lowest BCUT2D eigenvalue weighted by atomic mass is 9.80. The van der Waals surface area contributed by atoms with Crippen LogP contribution in [0.3, 0.4) is 0 Å². The molecule has 12 heavy (non-hydrogen) atoms. The Bertz CT molecular complexity index is 112. The summed E-state index contributed by atoms with van der Waals surface area (Å²) < 4.78 is 0. The quantitative estimate of drug-likeness (QED) is 0.643. The van der Waals surface area contributed by atoms with E-state index in [9.17, 15) is 0 Å². The van der Waals surface area contributed by atoms with Gasteiger partial charge in [0.25, 0.3) is 0 Å². The zero-order chi connectivity index (χ0) is 8.81. The first-order valence-corrected chi connectivity index (χ1v) is 5.53. The second-order valence-corrected chi connectivity index (χ2v) is 4.42. The van der Waals surface area contributed by atoms with Crippen LogP contribution in [0, 0.1) is 11.8 Å². The molecule has 2 atom stereocenters. The highest BCUT2D eigenvalue weighted by atomic mass is 14.5. The van der Waals surface area contributed by atoms with Crippen LogP contribution in [0.1, 0.15) is 51.9 Å². The first-order valence-electron chi connectivity index (χ1n) is 5.53. The Morgan fingerprint density at radius 2 is 2.08 bits per heavy atom. The Morgan fingerprint density at radius 3 is 2.75 bits per heavy atom. The molecule has 1 fully saturated rings. The molecule has 2 unspecified atom stereocenters. The first kappa shape index (κ1) is 10.0. The molecule has 0 radical (unpaired) electrons. The molecule has 0 aromatic heterocycles. The van der Waals surface area contributed by atoms with Crippen molar-refractivity contribution >= 4 is 0 Å². The van der Waals surface area contributed by atoms with Crippen molar-refractivity contribution in [1.29, 1.82) is 0 Å². The molecule has 0 saturated heterocycles. The smallest absolute Gasteiger partial charge is 0.00773 e. The van der Waals surface area contributed by atoms with Gasteiger partial charge in [0.15, 0.2) is 0 Å². The van der Waals surface area contributed by atoms with Gasteiger partial charge in [-0.1, -0.05) is 39.0 Å². The molecular formula is C11H23N. The predicted molar refractivity (Wildman–Crippen MR) is 54.0 cm³/mol. The van der Waals surface area contributed by atoms with Crippen LogP contribution in [-0.2, 0) is 0 Å². The number of rotatable bonds is 4. The van der Waals surface area contributed by atoms with Crippen LogP contribution in [0.2, 0.25) is 0 Å². The van der Waals surface area contributed by atoms with Crippen molar-refractivity contribution in [2.24, 2.45) is 17.6 Å². The minimum Gasteiger partial charge on any atom is -0.330 e. The van der Waals surface area contributed by atoms with Gasteiger partial charge < -0.3 is 5.73 Å². The van der Waals surface area contributed by atoms with Gasteiger partial charge in [-0.3, -0.25) is 0 Å². The molecule has 0 spiro atoms. The standard InChI is InChI=1S/C11H23N/c1-10-5-4-7-11(9-10)6-2-3-8-12/h10-11H,2-9,12H2,1H3. The average Bonchev–Trinajstić information content (AvgIpc) is 2.05. The van der Waals surface area contributed by atoms with Crippen molar-refractivity contribution in [3.05, 3.63) is 0 Å². The van der Waals surface area contributed by atoms with Gasteiger partial charge in [-0.2, -0.15) is 0 Å². The molecule has 0 aliphatic heterocycles. The van der Waals surface area contributed by atoms with Crippen LogP contribution < -0.4 is 5.73 Å². The van der Waals surface area contributed by atoms with Crippen molar-refractivity contribution in [2.45, 2.75) is 51.9 Å². The Morgan fingerprint density at radius 1 is 1.25 bits per heavy atom. The van der Waals surface area contributed by atoms with Crippen LogP contribution in [0.15, 0.2) is 0 Å². The maximum absolute atomic E-state index is 5.47. The van der Waals surface area contributed by atoms with E-state index in [0.717, 1.165) is 18.4 Å². The fraction of sp³-hybridized carbons (Fsp3) is 1.00. The molecule has 0 amide bonds. The van der Waals surface area contributed by atoms with Gasteiger partial charge >= 0.3 is 0 Å². The highest BCUT2D eigenvalue weighted by Crippen LogP contribution is 2.31. The van der Waals surface area contributed by atoms with Crippen LogP contribution in [0.25, 0.3) is 0 Å². The Kier molecular flexibility index (Phi) is 4.67. The van der Waals surface area contributed by atoms with E-state index < -0.39 is 0 Å². The van der Waals surface area contributed by atoms with E-state index >= 15 is 0 Å². The summed E-state index contributed by atoms with van der Waals surface area (Å²) in [5.41, 5.74) is 5.47. The highest BCUT2D eigenvalue weighted by Gasteiger charge is 2.17. The second-order valence-electron chi connectivity index (χ2n) is 4.42. The summed E-state index contributed by atoms with van der Waals surface area (Å²) in [7, 11) is 0. The molecule has 0 heterocycles. The molecule has 2 N–H and O–H groups in total.